The van der Waals surface area contributed by atoms with Crippen LogP contribution in [0.1, 0.15) is 17.5 Å². The highest BCUT2D eigenvalue weighted by Gasteiger charge is 2.32. The molecular weight excluding hydrogens is 296 g/mol. The Hall–Kier alpha value is -2.00. The van der Waals surface area contributed by atoms with Crippen LogP contribution >= 0.6 is 0 Å². The third kappa shape index (κ3) is 2.28. The first-order chi connectivity index (χ1) is 9.90. The summed E-state index contributed by atoms with van der Waals surface area (Å²) in [6, 6.07) is 0.945. The molecule has 3 rings (SSSR count). The van der Waals surface area contributed by atoms with Crippen LogP contribution in [-0.2, 0) is 14.8 Å². The fourth-order valence-corrected chi connectivity index (χ4v) is 4.12. The van der Waals surface area contributed by atoms with Crippen molar-refractivity contribution in [1.29, 1.82) is 0 Å². The summed E-state index contributed by atoms with van der Waals surface area (Å²) in [6.45, 7) is 3.93. The Morgan fingerprint density at radius 1 is 1.29 bits per heavy atom. The molecule has 1 aliphatic heterocycles. The van der Waals surface area contributed by atoms with Crippen molar-refractivity contribution in [3.63, 3.8) is 0 Å². The summed E-state index contributed by atoms with van der Waals surface area (Å²) in [6.07, 6.45) is 0.420. The van der Waals surface area contributed by atoms with Gasteiger partial charge in [-0.2, -0.15) is 4.72 Å². The molecule has 0 aliphatic carbocycles. The van der Waals surface area contributed by atoms with Crippen molar-refractivity contribution in [1.82, 2.24) is 20.4 Å². The van der Waals surface area contributed by atoms with Gasteiger partial charge in [0.05, 0.1) is 0 Å². The molecule has 2 N–H and O–H groups in total. The SMILES string of the molecule is Cc1cc(C)c2nonc2c1S(=O)(=O)N[C@H]1CCNC1=O. The predicted octanol–water partition coefficient (Wildman–Crippen LogP) is 0.00644. The molecular formula is C12H14N4O4S. The van der Waals surface area contributed by atoms with Crippen molar-refractivity contribution < 1.29 is 17.8 Å². The zero-order valence-corrected chi connectivity index (χ0v) is 12.3. The molecule has 9 heteroatoms. The number of nitrogens with one attached hydrogen (secondary N) is 2. The number of rotatable bonds is 3. The van der Waals surface area contributed by atoms with Gasteiger partial charge in [0.15, 0.2) is 5.52 Å². The van der Waals surface area contributed by atoms with Crippen LogP contribution in [0.3, 0.4) is 0 Å². The summed E-state index contributed by atoms with van der Waals surface area (Å²) in [4.78, 5) is 11.6. The van der Waals surface area contributed by atoms with E-state index in [-0.39, 0.29) is 16.3 Å². The second-order valence-electron chi connectivity index (χ2n) is 5.05. The Morgan fingerprint density at radius 3 is 2.67 bits per heavy atom. The molecule has 2 aromatic rings. The lowest BCUT2D eigenvalue weighted by atomic mass is 10.1. The van der Waals surface area contributed by atoms with Crippen LogP contribution in [0.15, 0.2) is 15.6 Å². The number of nitrogens with zero attached hydrogens (tertiary/aromatic N) is 2. The third-order valence-corrected chi connectivity index (χ3v) is 5.13. The van der Waals surface area contributed by atoms with Crippen molar-refractivity contribution >= 4 is 27.0 Å². The number of aromatic nitrogens is 2. The average Bonchev–Trinajstić information content (AvgIpc) is 2.99. The maximum atomic E-state index is 12.6. The minimum atomic E-state index is -3.89. The van der Waals surface area contributed by atoms with Crippen molar-refractivity contribution in [2.45, 2.75) is 31.2 Å². The monoisotopic (exact) mass is 310 g/mol. The van der Waals surface area contributed by atoms with E-state index in [1.807, 2.05) is 0 Å². The van der Waals surface area contributed by atoms with Crippen LogP contribution < -0.4 is 10.0 Å². The summed E-state index contributed by atoms with van der Waals surface area (Å²) < 4.78 is 32.2. The second kappa shape index (κ2) is 4.78. The van der Waals surface area contributed by atoms with Gasteiger partial charge >= 0.3 is 0 Å². The molecule has 0 radical (unpaired) electrons. The number of fused-ring (bicyclic) bond motifs is 1. The average molecular weight is 310 g/mol. The van der Waals surface area contributed by atoms with Crippen molar-refractivity contribution in [2.24, 2.45) is 0 Å². The largest absolute Gasteiger partial charge is 0.355 e. The van der Waals surface area contributed by atoms with Gasteiger partial charge in [0.2, 0.25) is 15.9 Å². The van der Waals surface area contributed by atoms with E-state index in [1.54, 1.807) is 19.9 Å². The molecule has 0 unspecified atom stereocenters. The third-order valence-electron chi connectivity index (χ3n) is 3.48. The molecule has 8 nitrogen and oxygen atoms in total. The van der Waals surface area contributed by atoms with E-state index in [9.17, 15) is 13.2 Å². The van der Waals surface area contributed by atoms with Crippen molar-refractivity contribution in [2.75, 3.05) is 6.54 Å². The zero-order valence-electron chi connectivity index (χ0n) is 11.5. The van der Waals surface area contributed by atoms with Gasteiger partial charge in [-0.25, -0.2) is 13.0 Å². The zero-order chi connectivity index (χ0) is 15.2. The fourth-order valence-electron chi connectivity index (χ4n) is 2.53. The summed E-state index contributed by atoms with van der Waals surface area (Å²) >= 11 is 0. The first-order valence-electron chi connectivity index (χ1n) is 6.42. The van der Waals surface area contributed by atoms with E-state index < -0.39 is 16.1 Å². The topological polar surface area (TPSA) is 114 Å². The van der Waals surface area contributed by atoms with Gasteiger partial charge in [-0.05, 0) is 41.7 Å². The van der Waals surface area contributed by atoms with E-state index in [0.717, 1.165) is 5.56 Å². The molecule has 1 saturated heterocycles. The lowest BCUT2D eigenvalue weighted by Crippen LogP contribution is -2.40. The molecule has 112 valence electrons. The Morgan fingerprint density at radius 2 is 2.00 bits per heavy atom. The normalized spacial score (nSPS) is 19.1. The van der Waals surface area contributed by atoms with Crippen LogP contribution in [-0.4, -0.2) is 37.2 Å². The lowest BCUT2D eigenvalue weighted by molar-refractivity contribution is -0.120. The lowest BCUT2D eigenvalue weighted by Gasteiger charge is -2.13. The van der Waals surface area contributed by atoms with E-state index >= 15 is 0 Å². The first-order valence-corrected chi connectivity index (χ1v) is 7.91. The number of carbonyl (C=O) groups is 1. The number of hydrogen-bond donors (Lipinski definition) is 2. The molecule has 1 amide bonds. The van der Waals surface area contributed by atoms with Crippen LogP contribution in [0.2, 0.25) is 0 Å². The molecule has 0 saturated carbocycles. The number of carbonyl (C=O) groups excluding carboxylic acids is 1. The highest BCUT2D eigenvalue weighted by molar-refractivity contribution is 7.89. The molecule has 0 spiro atoms. The second-order valence-corrected chi connectivity index (χ2v) is 6.71. The molecule has 2 heterocycles. The molecule has 1 fully saturated rings. The van der Waals surface area contributed by atoms with Crippen LogP contribution in [0, 0.1) is 13.8 Å². The van der Waals surface area contributed by atoms with Gasteiger partial charge in [-0.1, -0.05) is 6.07 Å². The van der Waals surface area contributed by atoms with Crippen LogP contribution in [0.25, 0.3) is 11.0 Å². The Labute approximate surface area is 120 Å². The van der Waals surface area contributed by atoms with Gasteiger partial charge in [0.1, 0.15) is 16.5 Å². The summed E-state index contributed by atoms with van der Waals surface area (Å²) in [5.74, 6) is -0.321. The van der Waals surface area contributed by atoms with Crippen LogP contribution in [0.5, 0.6) is 0 Å². The number of amides is 1. The predicted molar refractivity (Wildman–Crippen MR) is 73.0 cm³/mol. The number of sulfonamides is 1. The Bertz CT molecular complexity index is 827. The Balaban J connectivity index is 2.10. The Kier molecular flexibility index (Phi) is 3.18. The highest BCUT2D eigenvalue weighted by atomic mass is 32.2. The van der Waals surface area contributed by atoms with Gasteiger partial charge in [-0.15, -0.1) is 0 Å². The fraction of sp³-hybridized carbons (Fsp3) is 0.417. The van der Waals surface area contributed by atoms with E-state index in [4.69, 9.17) is 0 Å². The van der Waals surface area contributed by atoms with E-state index in [1.165, 1.54) is 0 Å². The van der Waals surface area contributed by atoms with Gasteiger partial charge in [-0.3, -0.25) is 4.79 Å². The highest BCUT2D eigenvalue weighted by Crippen LogP contribution is 2.27. The van der Waals surface area contributed by atoms with Crippen LogP contribution in [0.4, 0.5) is 0 Å². The van der Waals surface area contributed by atoms with Gasteiger partial charge < -0.3 is 5.32 Å². The number of benzene rings is 1. The standard InChI is InChI=1S/C12H14N4O4S/c1-6-5-7(2)11(10-9(6)14-20-15-10)21(18,19)16-8-3-4-13-12(8)17/h5,8,16H,3-4H2,1-2H3,(H,13,17)/t8-/m0/s1. The number of aryl methyl sites for hydroxylation is 2. The summed E-state index contributed by atoms with van der Waals surface area (Å²) in [5, 5.41) is 10.0. The van der Waals surface area contributed by atoms with Gasteiger partial charge in [0, 0.05) is 6.54 Å². The maximum Gasteiger partial charge on any atom is 0.243 e. The van der Waals surface area contributed by atoms with E-state index in [2.05, 4.69) is 25.0 Å². The molecule has 21 heavy (non-hydrogen) atoms. The van der Waals surface area contributed by atoms with Crippen molar-refractivity contribution in [3.8, 4) is 0 Å². The first kappa shape index (κ1) is 14.0. The molecule has 1 atom stereocenters. The molecule has 1 aromatic heterocycles. The summed E-state index contributed by atoms with van der Waals surface area (Å²) in [5.41, 5.74) is 1.89. The molecule has 0 bridgehead atoms. The van der Waals surface area contributed by atoms with Crippen molar-refractivity contribution in [3.05, 3.63) is 17.2 Å². The maximum absolute atomic E-state index is 12.6. The minimum absolute atomic E-state index is 0.00375. The summed E-state index contributed by atoms with van der Waals surface area (Å²) in [7, 11) is -3.89. The van der Waals surface area contributed by atoms with Gasteiger partial charge in [0.25, 0.3) is 0 Å². The smallest absolute Gasteiger partial charge is 0.243 e. The number of hydrogen-bond acceptors (Lipinski definition) is 6. The minimum Gasteiger partial charge on any atom is -0.355 e. The molecule has 1 aromatic carbocycles. The molecule has 1 aliphatic rings. The quantitative estimate of drug-likeness (QED) is 0.825. The van der Waals surface area contributed by atoms with E-state index in [0.29, 0.717) is 24.0 Å².